The predicted molar refractivity (Wildman–Crippen MR) is 54.5 cm³/mol. The van der Waals surface area contributed by atoms with Crippen molar-refractivity contribution in [2.24, 2.45) is 0 Å². The van der Waals surface area contributed by atoms with Gasteiger partial charge in [0, 0.05) is 23.8 Å². The third-order valence-electron chi connectivity index (χ3n) is 2.23. The Hall–Kier alpha value is -1.51. The van der Waals surface area contributed by atoms with Crippen molar-refractivity contribution >= 4 is 16.7 Å². The molecule has 0 atom stereocenters. The third kappa shape index (κ3) is 1.16. The van der Waals surface area contributed by atoms with Crippen LogP contribution in [0.25, 0.3) is 10.9 Å². The minimum atomic E-state index is 0.458. The molecule has 2 heterocycles. The van der Waals surface area contributed by atoms with Crippen LogP contribution >= 0.6 is 0 Å². The highest BCUT2D eigenvalue weighted by molar-refractivity contribution is 5.89. The number of rotatable bonds is 1. The number of nitrogens with zero attached hydrogens (tertiary/aromatic N) is 2. The number of aromatic nitrogens is 2. The van der Waals surface area contributed by atoms with Crippen LogP contribution in [0.5, 0.6) is 0 Å². The molecule has 0 bridgehead atoms. The van der Waals surface area contributed by atoms with Crippen molar-refractivity contribution < 1.29 is 0 Å². The number of nitrogens with two attached hydrogens (primary N) is 1. The van der Waals surface area contributed by atoms with Gasteiger partial charge in [-0.05, 0) is 26.0 Å². The number of nitrogen functional groups attached to an aromatic ring is 1. The molecule has 0 aliphatic heterocycles. The third-order valence-corrected chi connectivity index (χ3v) is 2.23. The molecule has 0 saturated heterocycles. The fraction of sp³-hybridized carbons (Fsp3) is 0.300. The smallest absolute Gasteiger partial charge is 0.132 e. The molecule has 68 valence electrons. The summed E-state index contributed by atoms with van der Waals surface area (Å²) in [7, 11) is 0. The van der Waals surface area contributed by atoms with Crippen molar-refractivity contribution in [1.82, 2.24) is 9.55 Å². The second kappa shape index (κ2) is 2.76. The van der Waals surface area contributed by atoms with Gasteiger partial charge in [-0.15, -0.1) is 0 Å². The Morgan fingerprint density at radius 2 is 2.15 bits per heavy atom. The second-order valence-corrected chi connectivity index (χ2v) is 3.45. The second-order valence-electron chi connectivity index (χ2n) is 3.45. The van der Waals surface area contributed by atoms with Crippen molar-refractivity contribution in [2.45, 2.75) is 19.9 Å². The molecule has 0 fully saturated rings. The van der Waals surface area contributed by atoms with E-state index in [4.69, 9.17) is 5.73 Å². The summed E-state index contributed by atoms with van der Waals surface area (Å²) in [4.78, 5) is 4.04. The highest BCUT2D eigenvalue weighted by Gasteiger charge is 2.05. The molecule has 0 unspecified atom stereocenters. The van der Waals surface area contributed by atoms with Crippen molar-refractivity contribution in [2.75, 3.05) is 5.73 Å². The van der Waals surface area contributed by atoms with Crippen LogP contribution in [0.1, 0.15) is 19.9 Å². The minimum Gasteiger partial charge on any atom is -0.383 e. The van der Waals surface area contributed by atoms with E-state index >= 15 is 0 Å². The lowest BCUT2D eigenvalue weighted by Gasteiger charge is -2.08. The Morgan fingerprint density at radius 3 is 2.85 bits per heavy atom. The maximum Gasteiger partial charge on any atom is 0.132 e. The highest BCUT2D eigenvalue weighted by atomic mass is 15.0. The first-order valence-corrected chi connectivity index (χ1v) is 4.41. The zero-order valence-corrected chi connectivity index (χ0v) is 7.86. The highest BCUT2D eigenvalue weighted by Crippen LogP contribution is 2.22. The molecule has 0 spiro atoms. The number of hydrogen-bond donors (Lipinski definition) is 1. The molecule has 2 aromatic heterocycles. The largest absolute Gasteiger partial charge is 0.383 e. The lowest BCUT2D eigenvalue weighted by Crippen LogP contribution is -1.98. The summed E-state index contributed by atoms with van der Waals surface area (Å²) >= 11 is 0. The zero-order valence-electron chi connectivity index (χ0n) is 7.86. The van der Waals surface area contributed by atoms with Gasteiger partial charge in [0.15, 0.2) is 0 Å². The topological polar surface area (TPSA) is 43.8 Å². The monoisotopic (exact) mass is 175 g/mol. The Balaban J connectivity index is 2.75. The molecule has 0 saturated carbocycles. The van der Waals surface area contributed by atoms with E-state index in [-0.39, 0.29) is 0 Å². The van der Waals surface area contributed by atoms with Crippen LogP contribution in [0.3, 0.4) is 0 Å². The number of fused-ring (bicyclic) bond motifs is 1. The molecule has 3 heteroatoms. The van der Waals surface area contributed by atoms with E-state index in [1.54, 1.807) is 6.20 Å². The maximum atomic E-state index is 5.75. The van der Waals surface area contributed by atoms with Gasteiger partial charge >= 0.3 is 0 Å². The normalized spacial score (nSPS) is 11.3. The summed E-state index contributed by atoms with van der Waals surface area (Å²) in [5.74, 6) is 0.608. The van der Waals surface area contributed by atoms with Gasteiger partial charge in [0.25, 0.3) is 0 Å². The molecule has 0 aromatic carbocycles. The van der Waals surface area contributed by atoms with Crippen LogP contribution < -0.4 is 5.73 Å². The summed E-state index contributed by atoms with van der Waals surface area (Å²) in [5, 5.41) is 1.04. The van der Waals surface area contributed by atoms with E-state index < -0.39 is 0 Å². The molecule has 2 rings (SSSR count). The number of hydrogen-bond acceptors (Lipinski definition) is 2. The van der Waals surface area contributed by atoms with Gasteiger partial charge < -0.3 is 10.3 Å². The van der Waals surface area contributed by atoms with Gasteiger partial charge in [-0.2, -0.15) is 0 Å². The molecule has 2 N–H and O–H groups in total. The van der Waals surface area contributed by atoms with E-state index in [0.717, 1.165) is 10.9 Å². The summed E-state index contributed by atoms with van der Waals surface area (Å²) in [6, 6.07) is 4.46. The first-order chi connectivity index (χ1) is 6.20. The standard InChI is InChI=1S/C10H13N3/c1-7(2)13-6-4-8-9(13)3-5-12-10(8)11/h3-7H,1-2H3,(H2,11,12). The quantitative estimate of drug-likeness (QED) is 0.722. The zero-order chi connectivity index (χ0) is 9.42. The van der Waals surface area contributed by atoms with Crippen molar-refractivity contribution in [3.63, 3.8) is 0 Å². The van der Waals surface area contributed by atoms with Crippen molar-refractivity contribution in [1.29, 1.82) is 0 Å². The number of pyridine rings is 1. The van der Waals surface area contributed by atoms with Crippen LogP contribution in [-0.4, -0.2) is 9.55 Å². The summed E-state index contributed by atoms with van der Waals surface area (Å²) in [5.41, 5.74) is 6.90. The van der Waals surface area contributed by atoms with Crippen molar-refractivity contribution in [3.05, 3.63) is 24.5 Å². The average molecular weight is 175 g/mol. The maximum absolute atomic E-state index is 5.75. The molecule has 0 radical (unpaired) electrons. The molecule has 0 aliphatic rings. The minimum absolute atomic E-state index is 0.458. The van der Waals surface area contributed by atoms with E-state index in [2.05, 4.69) is 23.4 Å². The Labute approximate surface area is 77.2 Å². The van der Waals surface area contributed by atoms with E-state index in [0.29, 0.717) is 11.9 Å². The fourth-order valence-corrected chi connectivity index (χ4v) is 1.56. The number of anilines is 1. The molecule has 0 aliphatic carbocycles. The first-order valence-electron chi connectivity index (χ1n) is 4.41. The van der Waals surface area contributed by atoms with Gasteiger partial charge in [0.05, 0.1) is 5.52 Å². The van der Waals surface area contributed by atoms with Crippen LogP contribution in [-0.2, 0) is 0 Å². The van der Waals surface area contributed by atoms with Crippen molar-refractivity contribution in [3.8, 4) is 0 Å². The average Bonchev–Trinajstić information content (AvgIpc) is 2.48. The van der Waals surface area contributed by atoms with Gasteiger partial charge in [0.1, 0.15) is 5.82 Å². The Morgan fingerprint density at radius 1 is 1.38 bits per heavy atom. The van der Waals surface area contributed by atoms with Gasteiger partial charge in [-0.1, -0.05) is 0 Å². The Kier molecular flexibility index (Phi) is 1.72. The fourth-order valence-electron chi connectivity index (χ4n) is 1.56. The van der Waals surface area contributed by atoms with Crippen LogP contribution in [0.4, 0.5) is 5.82 Å². The SMILES string of the molecule is CC(C)n1ccc2c(N)nccc21. The van der Waals surface area contributed by atoms with Gasteiger partial charge in [-0.25, -0.2) is 4.98 Å². The Bertz CT molecular complexity index is 429. The van der Waals surface area contributed by atoms with Gasteiger partial charge in [-0.3, -0.25) is 0 Å². The summed E-state index contributed by atoms with van der Waals surface area (Å²) in [6.07, 6.45) is 3.80. The van der Waals surface area contributed by atoms with E-state index in [1.165, 1.54) is 0 Å². The predicted octanol–water partition coefficient (Wildman–Crippen LogP) is 2.20. The van der Waals surface area contributed by atoms with Gasteiger partial charge in [0.2, 0.25) is 0 Å². The van der Waals surface area contributed by atoms with Crippen LogP contribution in [0.2, 0.25) is 0 Å². The molecular formula is C10H13N3. The van der Waals surface area contributed by atoms with Crippen LogP contribution in [0, 0.1) is 0 Å². The molecule has 3 nitrogen and oxygen atoms in total. The molecule has 0 amide bonds. The summed E-state index contributed by atoms with van der Waals surface area (Å²) in [6.45, 7) is 4.30. The first kappa shape index (κ1) is 8.10. The lowest BCUT2D eigenvalue weighted by molar-refractivity contribution is 0.623. The summed E-state index contributed by atoms with van der Waals surface area (Å²) < 4.78 is 2.19. The molecule has 2 aromatic rings. The van der Waals surface area contributed by atoms with E-state index in [1.807, 2.05) is 18.3 Å². The molecular weight excluding hydrogens is 162 g/mol. The lowest BCUT2D eigenvalue weighted by atomic mass is 10.3. The molecule has 13 heavy (non-hydrogen) atoms. The van der Waals surface area contributed by atoms with E-state index in [9.17, 15) is 0 Å². The van der Waals surface area contributed by atoms with Crippen LogP contribution in [0.15, 0.2) is 24.5 Å².